The SMILES string of the molecule is NCCCC(=O)Nc1ccc(CN2CCOCC2)cc1. The number of benzene rings is 1. The van der Waals surface area contributed by atoms with Crippen molar-refractivity contribution in [3.63, 3.8) is 0 Å². The van der Waals surface area contributed by atoms with Gasteiger partial charge in [0.15, 0.2) is 0 Å². The minimum atomic E-state index is 0.0244. The van der Waals surface area contributed by atoms with E-state index in [2.05, 4.69) is 22.3 Å². The zero-order chi connectivity index (χ0) is 14.2. The Hall–Kier alpha value is -1.43. The summed E-state index contributed by atoms with van der Waals surface area (Å²) in [6.07, 6.45) is 1.20. The Labute approximate surface area is 120 Å². The van der Waals surface area contributed by atoms with E-state index in [9.17, 15) is 4.79 Å². The van der Waals surface area contributed by atoms with Gasteiger partial charge in [-0.3, -0.25) is 9.69 Å². The van der Waals surface area contributed by atoms with Gasteiger partial charge in [0.2, 0.25) is 5.91 Å². The first-order valence-corrected chi connectivity index (χ1v) is 7.17. The molecular weight excluding hydrogens is 254 g/mol. The smallest absolute Gasteiger partial charge is 0.224 e. The Balaban J connectivity index is 1.81. The quantitative estimate of drug-likeness (QED) is 0.820. The molecule has 3 N–H and O–H groups in total. The van der Waals surface area contributed by atoms with Crippen molar-refractivity contribution in [3.8, 4) is 0 Å². The standard InChI is InChI=1S/C15H23N3O2/c16-7-1-2-15(19)17-14-5-3-13(4-6-14)12-18-8-10-20-11-9-18/h3-6H,1-2,7-12,16H2,(H,17,19). The van der Waals surface area contributed by atoms with Crippen LogP contribution in [0, 0.1) is 0 Å². The van der Waals surface area contributed by atoms with Gasteiger partial charge in [-0.25, -0.2) is 0 Å². The molecule has 20 heavy (non-hydrogen) atoms. The number of amides is 1. The molecule has 1 aromatic rings. The Kier molecular flexibility index (Phi) is 5.98. The van der Waals surface area contributed by atoms with E-state index in [-0.39, 0.29) is 5.91 Å². The Morgan fingerprint density at radius 3 is 2.60 bits per heavy atom. The largest absolute Gasteiger partial charge is 0.379 e. The van der Waals surface area contributed by atoms with Crippen LogP contribution in [0.4, 0.5) is 5.69 Å². The maximum atomic E-state index is 11.6. The second-order valence-corrected chi connectivity index (χ2v) is 5.03. The molecule has 0 unspecified atom stereocenters. The molecule has 1 saturated heterocycles. The van der Waals surface area contributed by atoms with Crippen molar-refractivity contribution in [2.24, 2.45) is 5.73 Å². The van der Waals surface area contributed by atoms with Gasteiger partial charge in [0, 0.05) is 31.7 Å². The summed E-state index contributed by atoms with van der Waals surface area (Å²) in [7, 11) is 0. The first-order chi connectivity index (χ1) is 9.78. The molecule has 5 heteroatoms. The van der Waals surface area contributed by atoms with Crippen LogP contribution in [0.1, 0.15) is 18.4 Å². The van der Waals surface area contributed by atoms with E-state index >= 15 is 0 Å². The lowest BCUT2D eigenvalue weighted by molar-refractivity contribution is -0.116. The summed E-state index contributed by atoms with van der Waals surface area (Å²) in [5, 5.41) is 2.88. The summed E-state index contributed by atoms with van der Waals surface area (Å²) in [5.74, 6) is 0.0244. The first-order valence-electron chi connectivity index (χ1n) is 7.17. The van der Waals surface area contributed by atoms with E-state index in [1.807, 2.05) is 12.1 Å². The molecule has 1 aliphatic heterocycles. The summed E-state index contributed by atoms with van der Waals surface area (Å²) < 4.78 is 5.33. The van der Waals surface area contributed by atoms with E-state index in [4.69, 9.17) is 10.5 Å². The van der Waals surface area contributed by atoms with Crippen LogP contribution < -0.4 is 11.1 Å². The van der Waals surface area contributed by atoms with Crippen molar-refractivity contribution in [2.45, 2.75) is 19.4 Å². The molecule has 0 atom stereocenters. The summed E-state index contributed by atoms with van der Waals surface area (Å²) in [6.45, 7) is 5.08. The molecule has 1 aromatic carbocycles. The van der Waals surface area contributed by atoms with Gasteiger partial charge < -0.3 is 15.8 Å². The molecule has 1 heterocycles. The van der Waals surface area contributed by atoms with Gasteiger partial charge in [0.25, 0.3) is 0 Å². The molecular formula is C15H23N3O2. The fraction of sp³-hybridized carbons (Fsp3) is 0.533. The number of hydrogen-bond acceptors (Lipinski definition) is 4. The highest BCUT2D eigenvalue weighted by Gasteiger charge is 2.10. The number of carbonyl (C=O) groups excluding carboxylic acids is 1. The maximum Gasteiger partial charge on any atom is 0.224 e. The Morgan fingerprint density at radius 2 is 1.95 bits per heavy atom. The predicted octanol–water partition coefficient (Wildman–Crippen LogP) is 1.20. The van der Waals surface area contributed by atoms with Crippen molar-refractivity contribution in [1.82, 2.24) is 4.90 Å². The molecule has 0 spiro atoms. The topological polar surface area (TPSA) is 67.6 Å². The lowest BCUT2D eigenvalue weighted by Crippen LogP contribution is -2.35. The monoisotopic (exact) mass is 277 g/mol. The van der Waals surface area contributed by atoms with Gasteiger partial charge in [-0.2, -0.15) is 0 Å². The number of nitrogens with zero attached hydrogens (tertiary/aromatic N) is 1. The van der Waals surface area contributed by atoms with Gasteiger partial charge in [-0.1, -0.05) is 12.1 Å². The zero-order valence-corrected chi connectivity index (χ0v) is 11.8. The van der Waals surface area contributed by atoms with Crippen LogP contribution in [-0.4, -0.2) is 43.7 Å². The van der Waals surface area contributed by atoms with Gasteiger partial charge in [0.05, 0.1) is 13.2 Å². The number of anilines is 1. The molecule has 5 nitrogen and oxygen atoms in total. The number of nitrogens with one attached hydrogen (secondary N) is 1. The molecule has 0 aromatic heterocycles. The average molecular weight is 277 g/mol. The van der Waals surface area contributed by atoms with Crippen LogP contribution in [-0.2, 0) is 16.1 Å². The van der Waals surface area contributed by atoms with Crippen LogP contribution in [0.5, 0.6) is 0 Å². The van der Waals surface area contributed by atoms with Crippen LogP contribution in [0.2, 0.25) is 0 Å². The van der Waals surface area contributed by atoms with E-state index < -0.39 is 0 Å². The highest BCUT2D eigenvalue weighted by Crippen LogP contribution is 2.12. The van der Waals surface area contributed by atoms with Crippen molar-refractivity contribution in [2.75, 3.05) is 38.2 Å². The van der Waals surface area contributed by atoms with E-state index in [0.717, 1.165) is 45.0 Å². The maximum absolute atomic E-state index is 11.6. The molecule has 0 saturated carbocycles. The molecule has 2 rings (SSSR count). The fourth-order valence-corrected chi connectivity index (χ4v) is 2.20. The molecule has 0 aliphatic carbocycles. The number of ether oxygens (including phenoxy) is 1. The molecule has 110 valence electrons. The highest BCUT2D eigenvalue weighted by molar-refractivity contribution is 5.90. The van der Waals surface area contributed by atoms with Crippen molar-refractivity contribution in [1.29, 1.82) is 0 Å². The van der Waals surface area contributed by atoms with Gasteiger partial charge in [-0.15, -0.1) is 0 Å². The number of carbonyl (C=O) groups is 1. The van der Waals surface area contributed by atoms with E-state index in [0.29, 0.717) is 13.0 Å². The third-order valence-corrected chi connectivity index (χ3v) is 3.36. The zero-order valence-electron chi connectivity index (χ0n) is 11.8. The van der Waals surface area contributed by atoms with Gasteiger partial charge in [0.1, 0.15) is 0 Å². The fourth-order valence-electron chi connectivity index (χ4n) is 2.20. The molecule has 0 bridgehead atoms. The van der Waals surface area contributed by atoms with Crippen LogP contribution in [0.3, 0.4) is 0 Å². The van der Waals surface area contributed by atoms with E-state index in [1.165, 1.54) is 5.56 Å². The Morgan fingerprint density at radius 1 is 1.25 bits per heavy atom. The predicted molar refractivity (Wildman–Crippen MR) is 79.5 cm³/mol. The van der Waals surface area contributed by atoms with Crippen LogP contribution in [0.25, 0.3) is 0 Å². The van der Waals surface area contributed by atoms with Crippen LogP contribution >= 0.6 is 0 Å². The average Bonchev–Trinajstić information content (AvgIpc) is 2.48. The molecule has 1 amide bonds. The number of morpholine rings is 1. The minimum absolute atomic E-state index is 0.0244. The summed E-state index contributed by atoms with van der Waals surface area (Å²) >= 11 is 0. The number of hydrogen-bond donors (Lipinski definition) is 2. The summed E-state index contributed by atoms with van der Waals surface area (Å²) in [4.78, 5) is 14.0. The second kappa shape index (κ2) is 7.99. The molecule has 1 fully saturated rings. The summed E-state index contributed by atoms with van der Waals surface area (Å²) in [6, 6.07) is 8.04. The first kappa shape index (κ1) is 15.0. The normalized spacial score (nSPS) is 16.1. The minimum Gasteiger partial charge on any atom is -0.379 e. The molecule has 0 radical (unpaired) electrons. The lowest BCUT2D eigenvalue weighted by atomic mass is 10.2. The van der Waals surface area contributed by atoms with E-state index in [1.54, 1.807) is 0 Å². The van der Waals surface area contributed by atoms with Crippen molar-refractivity contribution in [3.05, 3.63) is 29.8 Å². The Bertz CT molecular complexity index is 414. The third-order valence-electron chi connectivity index (χ3n) is 3.36. The highest BCUT2D eigenvalue weighted by atomic mass is 16.5. The van der Waals surface area contributed by atoms with Crippen LogP contribution in [0.15, 0.2) is 24.3 Å². The summed E-state index contributed by atoms with van der Waals surface area (Å²) in [5.41, 5.74) is 7.49. The van der Waals surface area contributed by atoms with Gasteiger partial charge >= 0.3 is 0 Å². The second-order valence-electron chi connectivity index (χ2n) is 5.03. The van der Waals surface area contributed by atoms with Gasteiger partial charge in [-0.05, 0) is 30.7 Å². The molecule has 1 aliphatic rings. The van der Waals surface area contributed by atoms with Crippen molar-refractivity contribution >= 4 is 11.6 Å². The lowest BCUT2D eigenvalue weighted by Gasteiger charge is -2.26. The third kappa shape index (κ3) is 4.92. The number of nitrogens with two attached hydrogens (primary N) is 1. The number of rotatable bonds is 6. The van der Waals surface area contributed by atoms with Crippen molar-refractivity contribution < 1.29 is 9.53 Å².